The zero-order valence-corrected chi connectivity index (χ0v) is 12.6. The SMILES string of the molecule is COc1ccc(Cl)c(NCc2cc([N+](=O)[O-])ccc2Cl)c1. The molecule has 0 spiro atoms. The second-order valence-corrected chi connectivity index (χ2v) is 5.05. The number of hydrogen-bond donors (Lipinski definition) is 1. The van der Waals surface area contributed by atoms with Gasteiger partial charge in [0.25, 0.3) is 5.69 Å². The van der Waals surface area contributed by atoms with Crippen LogP contribution in [0.4, 0.5) is 11.4 Å². The highest BCUT2D eigenvalue weighted by atomic mass is 35.5. The third-order valence-corrected chi connectivity index (χ3v) is 3.58. The van der Waals surface area contributed by atoms with Gasteiger partial charge < -0.3 is 10.1 Å². The molecule has 0 radical (unpaired) electrons. The Morgan fingerprint density at radius 2 is 1.90 bits per heavy atom. The average Bonchev–Trinajstić information content (AvgIpc) is 2.47. The molecule has 2 aromatic carbocycles. The summed E-state index contributed by atoms with van der Waals surface area (Å²) in [4.78, 5) is 10.3. The zero-order chi connectivity index (χ0) is 15.4. The van der Waals surface area contributed by atoms with Crippen LogP contribution >= 0.6 is 23.2 Å². The van der Waals surface area contributed by atoms with E-state index >= 15 is 0 Å². The van der Waals surface area contributed by atoms with E-state index < -0.39 is 4.92 Å². The van der Waals surface area contributed by atoms with Crippen LogP contribution in [-0.4, -0.2) is 12.0 Å². The van der Waals surface area contributed by atoms with Gasteiger partial charge in [-0.15, -0.1) is 0 Å². The average molecular weight is 327 g/mol. The van der Waals surface area contributed by atoms with Crippen molar-refractivity contribution in [3.63, 3.8) is 0 Å². The van der Waals surface area contributed by atoms with Crippen LogP contribution in [0.25, 0.3) is 0 Å². The van der Waals surface area contributed by atoms with E-state index in [2.05, 4.69) is 5.32 Å². The minimum Gasteiger partial charge on any atom is -0.497 e. The Labute approximate surface area is 131 Å². The molecule has 7 heteroatoms. The molecule has 0 atom stereocenters. The fourth-order valence-electron chi connectivity index (χ4n) is 1.77. The molecule has 0 saturated heterocycles. The largest absolute Gasteiger partial charge is 0.497 e. The van der Waals surface area contributed by atoms with E-state index in [9.17, 15) is 10.1 Å². The Balaban J connectivity index is 2.20. The highest BCUT2D eigenvalue weighted by molar-refractivity contribution is 6.33. The summed E-state index contributed by atoms with van der Waals surface area (Å²) in [6.45, 7) is 0.313. The monoisotopic (exact) mass is 326 g/mol. The van der Waals surface area contributed by atoms with Gasteiger partial charge in [0.05, 0.1) is 22.7 Å². The van der Waals surface area contributed by atoms with Gasteiger partial charge >= 0.3 is 0 Å². The van der Waals surface area contributed by atoms with Gasteiger partial charge in [0.2, 0.25) is 0 Å². The second-order valence-electron chi connectivity index (χ2n) is 4.23. The maximum atomic E-state index is 10.8. The van der Waals surface area contributed by atoms with Gasteiger partial charge in [-0.3, -0.25) is 10.1 Å². The van der Waals surface area contributed by atoms with Gasteiger partial charge in [-0.25, -0.2) is 0 Å². The number of halogens is 2. The number of nitrogens with zero attached hydrogens (tertiary/aromatic N) is 1. The summed E-state index contributed by atoms with van der Waals surface area (Å²) in [7, 11) is 1.56. The molecular formula is C14H12Cl2N2O3. The van der Waals surface area contributed by atoms with Gasteiger partial charge in [-0.05, 0) is 23.8 Å². The summed E-state index contributed by atoms with van der Waals surface area (Å²) in [5.74, 6) is 0.659. The zero-order valence-electron chi connectivity index (χ0n) is 11.1. The first-order valence-corrected chi connectivity index (χ1v) is 6.77. The topological polar surface area (TPSA) is 64.4 Å². The molecule has 0 amide bonds. The van der Waals surface area contributed by atoms with Crippen LogP contribution in [0.5, 0.6) is 5.75 Å². The highest BCUT2D eigenvalue weighted by Gasteiger charge is 2.10. The van der Waals surface area contributed by atoms with Crippen LogP contribution in [0.2, 0.25) is 10.0 Å². The first kappa shape index (κ1) is 15.4. The number of nitrogens with one attached hydrogen (secondary N) is 1. The van der Waals surface area contributed by atoms with E-state index in [1.807, 2.05) is 0 Å². The molecule has 0 saturated carbocycles. The van der Waals surface area contributed by atoms with Gasteiger partial charge in [0, 0.05) is 29.8 Å². The molecule has 21 heavy (non-hydrogen) atoms. The predicted octanol–water partition coefficient (Wildman–Crippen LogP) is 4.52. The summed E-state index contributed by atoms with van der Waals surface area (Å²) < 4.78 is 5.12. The fourth-order valence-corrected chi connectivity index (χ4v) is 2.14. The Kier molecular flexibility index (Phi) is 4.88. The Hall–Kier alpha value is -1.98. The molecule has 0 fully saturated rings. The van der Waals surface area contributed by atoms with E-state index in [1.54, 1.807) is 25.3 Å². The number of rotatable bonds is 5. The van der Waals surface area contributed by atoms with Gasteiger partial charge in [0.15, 0.2) is 0 Å². The number of anilines is 1. The standard InChI is InChI=1S/C14H12Cl2N2O3/c1-21-11-3-5-13(16)14(7-11)17-8-9-6-10(18(19)20)2-4-12(9)15/h2-7,17H,8H2,1H3. The number of non-ortho nitro benzene ring substituents is 1. The van der Waals surface area contributed by atoms with E-state index in [0.717, 1.165) is 0 Å². The van der Waals surface area contributed by atoms with Gasteiger partial charge in [-0.1, -0.05) is 23.2 Å². The molecule has 2 aromatic rings. The Bertz CT molecular complexity index is 677. The summed E-state index contributed by atoms with van der Waals surface area (Å²) in [6.07, 6.45) is 0. The molecule has 0 unspecified atom stereocenters. The lowest BCUT2D eigenvalue weighted by Gasteiger charge is -2.11. The number of nitro groups is 1. The quantitative estimate of drug-likeness (QED) is 0.648. The molecule has 0 aliphatic carbocycles. The van der Waals surface area contributed by atoms with Gasteiger partial charge in [0.1, 0.15) is 5.75 Å². The summed E-state index contributed by atoms with van der Waals surface area (Å²) >= 11 is 12.1. The van der Waals surface area contributed by atoms with Crippen LogP contribution in [0.3, 0.4) is 0 Å². The minimum atomic E-state index is -0.460. The van der Waals surface area contributed by atoms with Crippen molar-refractivity contribution in [3.05, 3.63) is 62.1 Å². The third-order valence-electron chi connectivity index (χ3n) is 2.88. The van der Waals surface area contributed by atoms with Crippen molar-refractivity contribution >= 4 is 34.6 Å². The first-order valence-electron chi connectivity index (χ1n) is 6.01. The number of nitro benzene ring substituents is 1. The van der Waals surface area contributed by atoms with Crippen molar-refractivity contribution in [3.8, 4) is 5.75 Å². The van der Waals surface area contributed by atoms with Crippen molar-refractivity contribution < 1.29 is 9.66 Å². The van der Waals surface area contributed by atoms with Crippen LogP contribution < -0.4 is 10.1 Å². The van der Waals surface area contributed by atoms with Crippen LogP contribution in [0.15, 0.2) is 36.4 Å². The van der Waals surface area contributed by atoms with Gasteiger partial charge in [-0.2, -0.15) is 0 Å². The van der Waals surface area contributed by atoms with Crippen molar-refractivity contribution in [2.45, 2.75) is 6.54 Å². The van der Waals surface area contributed by atoms with Crippen LogP contribution in [-0.2, 0) is 6.54 Å². The molecule has 110 valence electrons. The number of methoxy groups -OCH3 is 1. The van der Waals surface area contributed by atoms with E-state index in [1.165, 1.54) is 18.2 Å². The molecule has 0 aromatic heterocycles. The molecule has 0 bridgehead atoms. The lowest BCUT2D eigenvalue weighted by Crippen LogP contribution is -2.02. The molecule has 0 aliphatic heterocycles. The molecule has 0 aliphatic rings. The van der Waals surface area contributed by atoms with Crippen molar-refractivity contribution in [1.82, 2.24) is 0 Å². The highest BCUT2D eigenvalue weighted by Crippen LogP contribution is 2.28. The van der Waals surface area contributed by atoms with Crippen molar-refractivity contribution in [1.29, 1.82) is 0 Å². The summed E-state index contributed by atoms with van der Waals surface area (Å²) in [5.41, 5.74) is 1.27. The Morgan fingerprint density at radius 1 is 1.19 bits per heavy atom. The smallest absolute Gasteiger partial charge is 0.269 e. The van der Waals surface area contributed by atoms with Crippen molar-refractivity contribution in [2.75, 3.05) is 12.4 Å². The number of ether oxygens (including phenoxy) is 1. The van der Waals surface area contributed by atoms with Crippen LogP contribution in [0.1, 0.15) is 5.56 Å². The lowest BCUT2D eigenvalue weighted by atomic mass is 10.2. The first-order chi connectivity index (χ1) is 10.0. The molecule has 2 rings (SSSR count). The van der Waals surface area contributed by atoms with E-state index in [0.29, 0.717) is 33.6 Å². The van der Waals surface area contributed by atoms with E-state index in [4.69, 9.17) is 27.9 Å². The lowest BCUT2D eigenvalue weighted by molar-refractivity contribution is -0.384. The van der Waals surface area contributed by atoms with E-state index in [-0.39, 0.29) is 5.69 Å². The second kappa shape index (κ2) is 6.65. The number of benzene rings is 2. The maximum absolute atomic E-state index is 10.8. The molecule has 0 heterocycles. The predicted molar refractivity (Wildman–Crippen MR) is 83.4 cm³/mol. The summed E-state index contributed by atoms with van der Waals surface area (Å²) in [5, 5.41) is 14.8. The van der Waals surface area contributed by atoms with Crippen LogP contribution in [0, 0.1) is 10.1 Å². The number of hydrogen-bond acceptors (Lipinski definition) is 4. The fraction of sp³-hybridized carbons (Fsp3) is 0.143. The Morgan fingerprint density at radius 3 is 2.57 bits per heavy atom. The molecular weight excluding hydrogens is 315 g/mol. The van der Waals surface area contributed by atoms with Crippen molar-refractivity contribution in [2.24, 2.45) is 0 Å². The maximum Gasteiger partial charge on any atom is 0.269 e. The summed E-state index contributed by atoms with van der Waals surface area (Å²) in [6, 6.07) is 9.50. The normalized spacial score (nSPS) is 10.2. The third kappa shape index (κ3) is 3.77. The molecule has 1 N–H and O–H groups in total. The molecule has 5 nitrogen and oxygen atoms in total. The minimum absolute atomic E-state index is 0.00654.